The average molecular weight is 480 g/mol. The van der Waals surface area contributed by atoms with Crippen LogP contribution in [0.15, 0.2) is 0 Å². The second kappa shape index (κ2) is 14.1. The number of hydrogen-bond donors (Lipinski definition) is 1. The van der Waals surface area contributed by atoms with E-state index in [2.05, 4.69) is 53.8 Å². The zero-order chi connectivity index (χ0) is 26.1. The maximum absolute atomic E-state index is 13.5. The summed E-state index contributed by atoms with van der Waals surface area (Å²) in [6.07, 6.45) is 6.19. The normalized spacial score (nSPS) is 20.4. The van der Waals surface area contributed by atoms with Gasteiger partial charge in [-0.15, -0.1) is 0 Å². The number of hydrogen-bond acceptors (Lipinski definition) is 3. The van der Waals surface area contributed by atoms with Gasteiger partial charge in [0.25, 0.3) is 0 Å². The van der Waals surface area contributed by atoms with E-state index in [0.717, 1.165) is 38.5 Å². The van der Waals surface area contributed by atoms with Gasteiger partial charge in [0.1, 0.15) is 6.04 Å². The molecule has 0 saturated carbocycles. The van der Waals surface area contributed by atoms with Gasteiger partial charge in [-0.3, -0.25) is 14.4 Å². The lowest BCUT2D eigenvalue weighted by Crippen LogP contribution is -2.60. The minimum absolute atomic E-state index is 0.0110. The Labute approximate surface area is 209 Å². The third-order valence-electron chi connectivity index (χ3n) is 7.26. The van der Waals surface area contributed by atoms with Gasteiger partial charge < -0.3 is 15.1 Å². The lowest BCUT2D eigenvalue weighted by atomic mass is 9.84. The molecule has 0 bridgehead atoms. The first kappa shape index (κ1) is 30.4. The average Bonchev–Trinajstić information content (AvgIpc) is 2.75. The van der Waals surface area contributed by atoms with Crippen LogP contribution in [0.5, 0.6) is 0 Å². The lowest BCUT2D eigenvalue weighted by Gasteiger charge is -2.42. The van der Waals surface area contributed by atoms with Gasteiger partial charge in [-0.25, -0.2) is 0 Å². The molecule has 6 heteroatoms. The summed E-state index contributed by atoms with van der Waals surface area (Å²) in [4.78, 5) is 43.3. The lowest BCUT2D eigenvalue weighted by molar-refractivity contribution is -0.147. The molecule has 6 nitrogen and oxygen atoms in total. The summed E-state index contributed by atoms with van der Waals surface area (Å²) >= 11 is 0. The minimum atomic E-state index is -0.512. The first-order chi connectivity index (χ1) is 15.8. The Morgan fingerprint density at radius 1 is 1.00 bits per heavy atom. The van der Waals surface area contributed by atoms with Gasteiger partial charge in [0.05, 0.1) is 0 Å². The monoisotopic (exact) mass is 479 g/mol. The van der Waals surface area contributed by atoms with E-state index in [1.54, 1.807) is 0 Å². The van der Waals surface area contributed by atoms with Gasteiger partial charge >= 0.3 is 0 Å². The summed E-state index contributed by atoms with van der Waals surface area (Å²) in [7, 11) is 0. The summed E-state index contributed by atoms with van der Waals surface area (Å²) < 4.78 is 0. The van der Waals surface area contributed by atoms with Gasteiger partial charge in [-0.1, -0.05) is 74.7 Å². The number of nitrogens with one attached hydrogen (secondary N) is 1. The zero-order valence-corrected chi connectivity index (χ0v) is 23.6. The van der Waals surface area contributed by atoms with Crippen molar-refractivity contribution in [3.8, 4) is 0 Å². The molecule has 0 aromatic heterocycles. The van der Waals surface area contributed by atoms with Crippen molar-refractivity contribution < 1.29 is 14.4 Å². The smallest absolute Gasteiger partial charge is 0.245 e. The maximum atomic E-state index is 13.5. The number of unbranched alkanes of at least 4 members (excludes halogenated alkanes) is 1. The third-order valence-corrected chi connectivity index (χ3v) is 7.26. The molecule has 1 heterocycles. The molecule has 0 spiro atoms. The maximum Gasteiger partial charge on any atom is 0.245 e. The van der Waals surface area contributed by atoms with Crippen molar-refractivity contribution in [2.45, 2.75) is 119 Å². The summed E-state index contributed by atoms with van der Waals surface area (Å²) in [5, 5.41) is 3.07. The van der Waals surface area contributed by atoms with Crippen LogP contribution in [0.1, 0.15) is 107 Å². The van der Waals surface area contributed by atoms with Crippen LogP contribution >= 0.6 is 0 Å². The van der Waals surface area contributed by atoms with E-state index < -0.39 is 6.04 Å². The van der Waals surface area contributed by atoms with Gasteiger partial charge in [0.15, 0.2) is 0 Å². The van der Waals surface area contributed by atoms with Crippen molar-refractivity contribution in [2.75, 3.05) is 19.6 Å². The number of carbonyl (C=O) groups excluding carboxylic acids is 3. The Morgan fingerprint density at radius 2 is 1.65 bits per heavy atom. The number of nitrogens with zero attached hydrogens (tertiary/aromatic N) is 2. The predicted molar refractivity (Wildman–Crippen MR) is 140 cm³/mol. The van der Waals surface area contributed by atoms with Crippen molar-refractivity contribution in [2.24, 2.45) is 23.2 Å². The molecule has 1 aliphatic heterocycles. The largest absolute Gasteiger partial charge is 0.344 e. The van der Waals surface area contributed by atoms with E-state index in [0.29, 0.717) is 26.1 Å². The molecular formula is C28H53N3O3. The first-order valence-electron chi connectivity index (χ1n) is 13.7. The van der Waals surface area contributed by atoms with Crippen LogP contribution in [-0.4, -0.2) is 59.2 Å². The Hall–Kier alpha value is -1.59. The standard InChI is InChI=1S/C28H53N3O3/c1-10-13-14-23(12-3)26(33)31-16-15-30(19-22(31)6)27(34)25(21(5)11-2)29-24(32)17-20(4)18-28(7,8)9/h20-23,25H,10-19H2,1-9H3,(H,29,32). The SMILES string of the molecule is CCCCC(CC)C(=O)N1CCN(C(=O)C(NC(=O)CC(C)CC(C)(C)C)C(C)CC)CC1C. The third kappa shape index (κ3) is 9.58. The van der Waals surface area contributed by atoms with Gasteiger partial charge in [0.2, 0.25) is 17.7 Å². The fourth-order valence-corrected chi connectivity index (χ4v) is 5.22. The molecule has 1 saturated heterocycles. The van der Waals surface area contributed by atoms with E-state index in [1.165, 1.54) is 0 Å². The van der Waals surface area contributed by atoms with E-state index in [-0.39, 0.29) is 46.9 Å². The number of carbonyl (C=O) groups is 3. The highest BCUT2D eigenvalue weighted by Crippen LogP contribution is 2.26. The molecular weight excluding hydrogens is 426 g/mol. The highest BCUT2D eigenvalue weighted by atomic mass is 16.2. The van der Waals surface area contributed by atoms with Gasteiger partial charge in [-0.05, 0) is 43.4 Å². The summed E-state index contributed by atoms with van der Waals surface area (Å²) in [5.74, 6) is 0.577. The van der Waals surface area contributed by atoms with Crippen LogP contribution < -0.4 is 5.32 Å². The van der Waals surface area contributed by atoms with Crippen LogP contribution in [0.4, 0.5) is 0 Å². The highest BCUT2D eigenvalue weighted by Gasteiger charge is 2.36. The summed E-state index contributed by atoms with van der Waals surface area (Å²) in [5.41, 5.74) is 0.173. The van der Waals surface area contributed by atoms with Crippen molar-refractivity contribution in [3.05, 3.63) is 0 Å². The second-order valence-electron chi connectivity index (χ2n) is 11.9. The molecule has 3 amide bonds. The first-order valence-corrected chi connectivity index (χ1v) is 13.7. The quantitative estimate of drug-likeness (QED) is 0.415. The highest BCUT2D eigenvalue weighted by molar-refractivity contribution is 5.88. The molecule has 34 heavy (non-hydrogen) atoms. The van der Waals surface area contributed by atoms with Crippen LogP contribution in [0.25, 0.3) is 0 Å². The molecule has 0 aromatic carbocycles. The molecule has 0 aromatic rings. The molecule has 1 aliphatic rings. The number of piperazine rings is 1. The fourth-order valence-electron chi connectivity index (χ4n) is 5.22. The molecule has 1 N–H and O–H groups in total. The molecule has 1 rings (SSSR count). The molecule has 0 radical (unpaired) electrons. The van der Waals surface area contributed by atoms with E-state index >= 15 is 0 Å². The predicted octanol–water partition coefficient (Wildman–Crippen LogP) is 5.26. The second-order valence-corrected chi connectivity index (χ2v) is 11.9. The van der Waals surface area contributed by atoms with Crippen LogP contribution in [-0.2, 0) is 14.4 Å². The Morgan fingerprint density at radius 3 is 2.15 bits per heavy atom. The Balaban J connectivity index is 2.80. The zero-order valence-electron chi connectivity index (χ0n) is 23.6. The fraction of sp³-hybridized carbons (Fsp3) is 0.893. The molecule has 5 unspecified atom stereocenters. The molecule has 5 atom stereocenters. The van der Waals surface area contributed by atoms with Crippen LogP contribution in [0.3, 0.4) is 0 Å². The summed E-state index contributed by atoms with van der Waals surface area (Å²) in [6, 6.07) is -0.525. The van der Waals surface area contributed by atoms with E-state index in [4.69, 9.17) is 0 Å². The number of rotatable bonds is 12. The van der Waals surface area contributed by atoms with Crippen molar-refractivity contribution in [1.29, 1.82) is 0 Å². The van der Waals surface area contributed by atoms with E-state index in [1.807, 2.05) is 23.6 Å². The Kier molecular flexibility index (Phi) is 12.6. The summed E-state index contributed by atoms with van der Waals surface area (Å²) in [6.45, 7) is 20.7. The number of amides is 3. The Bertz CT molecular complexity index is 658. The topological polar surface area (TPSA) is 69.7 Å². The molecule has 0 aliphatic carbocycles. The van der Waals surface area contributed by atoms with Crippen LogP contribution in [0.2, 0.25) is 0 Å². The molecule has 1 fully saturated rings. The molecule has 198 valence electrons. The van der Waals surface area contributed by atoms with Crippen molar-refractivity contribution in [3.63, 3.8) is 0 Å². The van der Waals surface area contributed by atoms with Crippen molar-refractivity contribution in [1.82, 2.24) is 15.1 Å². The van der Waals surface area contributed by atoms with Gasteiger partial charge in [0, 0.05) is 38.0 Å². The van der Waals surface area contributed by atoms with E-state index in [9.17, 15) is 14.4 Å². The van der Waals surface area contributed by atoms with Crippen LogP contribution in [0, 0.1) is 23.2 Å². The minimum Gasteiger partial charge on any atom is -0.344 e. The van der Waals surface area contributed by atoms with Gasteiger partial charge in [-0.2, -0.15) is 0 Å². The van der Waals surface area contributed by atoms with Crippen molar-refractivity contribution >= 4 is 17.7 Å².